The molecule has 1 aliphatic rings. The lowest BCUT2D eigenvalue weighted by Gasteiger charge is -2.25. The average Bonchev–Trinajstić information content (AvgIpc) is 2.58. The second kappa shape index (κ2) is 6.91. The summed E-state index contributed by atoms with van der Waals surface area (Å²) in [4.78, 5) is 0. The highest BCUT2D eigenvalue weighted by Gasteiger charge is 2.24. The van der Waals surface area contributed by atoms with Gasteiger partial charge < -0.3 is 9.47 Å². The molecule has 24 heavy (non-hydrogen) atoms. The fourth-order valence-corrected chi connectivity index (χ4v) is 2.81. The molecule has 0 aromatic heterocycles. The number of hydrogen-bond donors (Lipinski definition) is 0. The van der Waals surface area contributed by atoms with Crippen LogP contribution >= 0.6 is 0 Å². The van der Waals surface area contributed by atoms with E-state index in [0.29, 0.717) is 17.9 Å². The molecule has 124 valence electrons. The molecule has 0 bridgehead atoms. The first-order chi connectivity index (χ1) is 11.6. The van der Waals surface area contributed by atoms with Crippen molar-refractivity contribution in [3.8, 4) is 22.6 Å². The Balaban J connectivity index is 2.07. The first-order valence-electron chi connectivity index (χ1n) is 8.13. The van der Waals surface area contributed by atoms with Crippen LogP contribution in [0.5, 0.6) is 11.5 Å². The second-order valence-corrected chi connectivity index (χ2v) is 5.90. The number of rotatable bonds is 3. The molecule has 2 aromatic rings. The predicted octanol–water partition coefficient (Wildman–Crippen LogP) is 5.55. The lowest BCUT2D eigenvalue weighted by atomic mass is 9.95. The van der Waals surface area contributed by atoms with E-state index in [1.807, 2.05) is 63.3 Å². The van der Waals surface area contributed by atoms with Crippen LogP contribution in [0.3, 0.4) is 0 Å². The van der Waals surface area contributed by atoms with Gasteiger partial charge in [-0.25, -0.2) is 4.39 Å². The molecule has 0 spiro atoms. The van der Waals surface area contributed by atoms with Crippen LogP contribution in [0.2, 0.25) is 0 Å². The highest BCUT2D eigenvalue weighted by atomic mass is 19.1. The maximum absolute atomic E-state index is 15.0. The summed E-state index contributed by atoms with van der Waals surface area (Å²) in [6.07, 6.45) is 7.79. The lowest BCUT2D eigenvalue weighted by Crippen LogP contribution is -2.26. The zero-order chi connectivity index (χ0) is 17.1. The van der Waals surface area contributed by atoms with Crippen LogP contribution in [0.15, 0.2) is 48.6 Å². The van der Waals surface area contributed by atoms with E-state index in [2.05, 4.69) is 0 Å². The minimum Gasteiger partial charge on any atom is -0.486 e. The van der Waals surface area contributed by atoms with Crippen LogP contribution in [0.1, 0.15) is 25.0 Å². The van der Waals surface area contributed by atoms with Gasteiger partial charge in [-0.1, -0.05) is 42.5 Å². The molecule has 3 rings (SSSR count). The molecule has 2 aromatic carbocycles. The highest BCUT2D eigenvalue weighted by molar-refractivity contribution is 5.75. The summed E-state index contributed by atoms with van der Waals surface area (Å²) in [5.41, 5.74) is 3.49. The van der Waals surface area contributed by atoms with E-state index >= 15 is 0 Å². The number of benzene rings is 2. The van der Waals surface area contributed by atoms with E-state index in [1.165, 1.54) is 0 Å². The van der Waals surface area contributed by atoms with Gasteiger partial charge in [0.05, 0.1) is 0 Å². The summed E-state index contributed by atoms with van der Waals surface area (Å²) < 4.78 is 26.2. The Morgan fingerprint density at radius 3 is 2.75 bits per heavy atom. The standard InChI is InChI=1S/C21H21FO2/c1-4-5-6-8-16-9-7-10-17(15(16)3)18-11-12-19-21(20(18)22)24-14(2)13-23-19/h4-12,14H,13H2,1-3H3/b5-4+,8-6+. The van der Waals surface area contributed by atoms with Gasteiger partial charge >= 0.3 is 0 Å². The molecular formula is C21H21FO2. The molecule has 1 heterocycles. The maximum atomic E-state index is 15.0. The van der Waals surface area contributed by atoms with E-state index < -0.39 is 0 Å². The monoisotopic (exact) mass is 324 g/mol. The average molecular weight is 324 g/mol. The normalized spacial score (nSPS) is 16.9. The van der Waals surface area contributed by atoms with E-state index in [1.54, 1.807) is 12.1 Å². The van der Waals surface area contributed by atoms with Crippen LogP contribution in [0.25, 0.3) is 17.2 Å². The molecule has 0 saturated carbocycles. The van der Waals surface area contributed by atoms with Crippen molar-refractivity contribution < 1.29 is 13.9 Å². The predicted molar refractivity (Wildman–Crippen MR) is 96.0 cm³/mol. The molecule has 2 nitrogen and oxygen atoms in total. The minimum absolute atomic E-state index is 0.154. The van der Waals surface area contributed by atoms with Crippen molar-refractivity contribution in [2.45, 2.75) is 26.9 Å². The molecular weight excluding hydrogens is 303 g/mol. The highest BCUT2D eigenvalue weighted by Crippen LogP contribution is 2.40. The molecule has 1 aliphatic heterocycles. The van der Waals surface area contributed by atoms with Gasteiger partial charge in [0.2, 0.25) is 0 Å². The van der Waals surface area contributed by atoms with Crippen molar-refractivity contribution in [2.75, 3.05) is 6.61 Å². The summed E-state index contributed by atoms with van der Waals surface area (Å²) >= 11 is 0. The molecule has 0 amide bonds. The first-order valence-corrected chi connectivity index (χ1v) is 8.13. The molecule has 1 unspecified atom stereocenters. The van der Waals surface area contributed by atoms with Crippen molar-refractivity contribution in [1.29, 1.82) is 0 Å². The fraction of sp³-hybridized carbons (Fsp3) is 0.238. The van der Waals surface area contributed by atoms with Crippen molar-refractivity contribution in [2.24, 2.45) is 0 Å². The van der Waals surface area contributed by atoms with Crippen molar-refractivity contribution >= 4 is 6.08 Å². The largest absolute Gasteiger partial charge is 0.486 e. The Bertz CT molecular complexity index is 806. The number of hydrogen-bond acceptors (Lipinski definition) is 2. The van der Waals surface area contributed by atoms with E-state index in [0.717, 1.165) is 16.7 Å². The number of fused-ring (bicyclic) bond motifs is 1. The number of halogens is 1. The summed E-state index contributed by atoms with van der Waals surface area (Å²) in [6, 6.07) is 9.43. The first kappa shape index (κ1) is 16.3. The lowest BCUT2D eigenvalue weighted by molar-refractivity contribution is 0.0985. The smallest absolute Gasteiger partial charge is 0.198 e. The topological polar surface area (TPSA) is 18.5 Å². The third kappa shape index (κ3) is 3.07. The Morgan fingerprint density at radius 1 is 1.12 bits per heavy atom. The Morgan fingerprint density at radius 2 is 1.96 bits per heavy atom. The van der Waals surface area contributed by atoms with Crippen LogP contribution in [-0.2, 0) is 0 Å². The zero-order valence-electron chi connectivity index (χ0n) is 14.2. The molecule has 0 N–H and O–H groups in total. The Labute approximate surface area is 142 Å². The molecule has 1 atom stereocenters. The van der Waals surface area contributed by atoms with Gasteiger partial charge in [-0.15, -0.1) is 0 Å². The summed E-state index contributed by atoms with van der Waals surface area (Å²) in [5.74, 6) is 0.313. The van der Waals surface area contributed by atoms with Gasteiger partial charge in [0, 0.05) is 5.56 Å². The van der Waals surface area contributed by atoms with Gasteiger partial charge in [0.25, 0.3) is 0 Å². The zero-order valence-corrected chi connectivity index (χ0v) is 14.2. The van der Waals surface area contributed by atoms with E-state index in [4.69, 9.17) is 9.47 Å². The Hall–Kier alpha value is -2.55. The SMILES string of the molecule is C/C=C/C=C/c1cccc(-c2ccc3c(c2F)OC(C)CO3)c1C. The second-order valence-electron chi connectivity index (χ2n) is 5.90. The van der Waals surface area contributed by atoms with E-state index in [-0.39, 0.29) is 17.7 Å². The fourth-order valence-electron chi connectivity index (χ4n) is 2.81. The van der Waals surface area contributed by atoms with E-state index in [9.17, 15) is 4.39 Å². The van der Waals surface area contributed by atoms with Gasteiger partial charge in [0.1, 0.15) is 12.7 Å². The quantitative estimate of drug-likeness (QED) is 0.689. The van der Waals surface area contributed by atoms with Gasteiger partial charge in [-0.2, -0.15) is 0 Å². The van der Waals surface area contributed by atoms with Gasteiger partial charge in [0.15, 0.2) is 17.3 Å². The third-order valence-corrected chi connectivity index (χ3v) is 4.10. The van der Waals surface area contributed by atoms with Crippen LogP contribution in [0.4, 0.5) is 4.39 Å². The maximum Gasteiger partial charge on any atom is 0.198 e. The van der Waals surface area contributed by atoms with Gasteiger partial charge in [-0.3, -0.25) is 0 Å². The van der Waals surface area contributed by atoms with Crippen molar-refractivity contribution in [3.63, 3.8) is 0 Å². The molecule has 0 radical (unpaired) electrons. The van der Waals surface area contributed by atoms with Gasteiger partial charge in [-0.05, 0) is 49.6 Å². The minimum atomic E-state index is -0.364. The summed E-state index contributed by atoms with van der Waals surface area (Å²) in [7, 11) is 0. The van der Waals surface area contributed by atoms with Crippen molar-refractivity contribution in [3.05, 3.63) is 65.5 Å². The molecule has 0 fully saturated rings. The summed E-state index contributed by atoms with van der Waals surface area (Å²) in [5, 5.41) is 0. The van der Waals surface area contributed by atoms with Crippen LogP contribution in [-0.4, -0.2) is 12.7 Å². The van der Waals surface area contributed by atoms with Crippen LogP contribution in [0, 0.1) is 12.7 Å². The molecule has 0 aliphatic carbocycles. The summed E-state index contributed by atoms with van der Waals surface area (Å²) in [6.45, 7) is 6.28. The Kier molecular flexibility index (Phi) is 4.70. The van der Waals surface area contributed by atoms with Crippen molar-refractivity contribution in [1.82, 2.24) is 0 Å². The molecule has 0 saturated heterocycles. The third-order valence-electron chi connectivity index (χ3n) is 4.10. The number of ether oxygens (including phenoxy) is 2. The van der Waals surface area contributed by atoms with Crippen LogP contribution < -0.4 is 9.47 Å². The molecule has 3 heteroatoms. The number of allylic oxidation sites excluding steroid dienone is 3.